The molecule has 0 radical (unpaired) electrons. The van der Waals surface area contributed by atoms with Crippen molar-refractivity contribution in [3.8, 4) is 5.75 Å². The van der Waals surface area contributed by atoms with Crippen molar-refractivity contribution in [3.05, 3.63) is 29.8 Å². The molecule has 0 aliphatic rings. The summed E-state index contributed by atoms with van der Waals surface area (Å²) in [6, 6.07) is 3.17. The molecule has 0 aliphatic carbocycles. The molecule has 0 spiro atoms. The maximum Gasteiger partial charge on any atom is 0.458 e. The van der Waals surface area contributed by atoms with Gasteiger partial charge in [0.1, 0.15) is 0 Å². The first-order valence-corrected chi connectivity index (χ1v) is 6.20. The summed E-state index contributed by atoms with van der Waals surface area (Å²) in [6.07, 6.45) is -5.31. The number of halogens is 5. The van der Waals surface area contributed by atoms with Crippen molar-refractivity contribution in [1.29, 1.82) is 0 Å². The fraction of sp³-hybridized carbons (Fsp3) is 0.333. The minimum atomic E-state index is -5.84. The molecule has 0 unspecified atom stereocenters. The molecule has 0 N–H and O–H groups in total. The second-order valence-corrected chi connectivity index (χ2v) is 4.93. The molecule has 1 rings (SSSR count). The Morgan fingerprint density at radius 3 is 2.00 bits per heavy atom. The summed E-state index contributed by atoms with van der Waals surface area (Å²) in [4.78, 5) is 0. The average molecular weight is 290 g/mol. The van der Waals surface area contributed by atoms with E-state index in [0.29, 0.717) is 12.3 Å². The topological polar surface area (TPSA) is 43.4 Å². The molecule has 0 heterocycles. The first-order chi connectivity index (χ1) is 7.95. The van der Waals surface area contributed by atoms with Crippen molar-refractivity contribution in [2.75, 3.05) is 6.26 Å². The summed E-state index contributed by atoms with van der Waals surface area (Å²) in [6.45, 7) is 0. The van der Waals surface area contributed by atoms with Gasteiger partial charge >= 0.3 is 22.2 Å². The van der Waals surface area contributed by atoms with E-state index in [1.54, 1.807) is 0 Å². The van der Waals surface area contributed by atoms with Crippen LogP contribution in [0.4, 0.5) is 22.0 Å². The van der Waals surface area contributed by atoms with Gasteiger partial charge in [-0.1, -0.05) is 12.1 Å². The SMILES string of the molecule is CS(=O)(=O)Oc1ccccc1C(F)(F)C(F)(F)F. The molecule has 0 amide bonds. The highest BCUT2D eigenvalue weighted by atomic mass is 32.2. The highest BCUT2D eigenvalue weighted by Crippen LogP contribution is 2.47. The van der Waals surface area contributed by atoms with Crippen LogP contribution in [-0.2, 0) is 16.0 Å². The highest BCUT2D eigenvalue weighted by Gasteiger charge is 2.60. The minimum Gasteiger partial charge on any atom is -0.382 e. The number of benzene rings is 1. The second kappa shape index (κ2) is 4.38. The van der Waals surface area contributed by atoms with Crippen LogP contribution in [0.3, 0.4) is 0 Å². The quantitative estimate of drug-likeness (QED) is 0.635. The molecule has 0 saturated heterocycles. The summed E-state index contributed by atoms with van der Waals surface area (Å²) < 4.78 is 88.4. The lowest BCUT2D eigenvalue weighted by molar-refractivity contribution is -0.289. The lowest BCUT2D eigenvalue weighted by Crippen LogP contribution is -2.34. The molecule has 0 atom stereocenters. The maximum atomic E-state index is 13.1. The number of alkyl halides is 5. The van der Waals surface area contributed by atoms with E-state index in [2.05, 4.69) is 4.18 Å². The van der Waals surface area contributed by atoms with Crippen LogP contribution < -0.4 is 4.18 Å². The third-order valence-corrected chi connectivity index (χ3v) is 2.30. The van der Waals surface area contributed by atoms with Gasteiger partial charge in [0.25, 0.3) is 0 Å². The molecule has 0 aliphatic heterocycles. The molecular weight excluding hydrogens is 283 g/mol. The first kappa shape index (κ1) is 14.7. The first-order valence-electron chi connectivity index (χ1n) is 4.38. The predicted octanol–water partition coefficient (Wildman–Crippen LogP) is 2.68. The van der Waals surface area contributed by atoms with Crippen molar-refractivity contribution in [2.45, 2.75) is 12.1 Å². The van der Waals surface area contributed by atoms with Crippen LogP contribution in [0.25, 0.3) is 0 Å². The van der Waals surface area contributed by atoms with E-state index < -0.39 is 33.5 Å². The Morgan fingerprint density at radius 1 is 1.06 bits per heavy atom. The average Bonchev–Trinajstić information content (AvgIpc) is 2.13. The zero-order valence-corrected chi connectivity index (χ0v) is 9.65. The van der Waals surface area contributed by atoms with Crippen LogP contribution in [0.15, 0.2) is 24.3 Å². The van der Waals surface area contributed by atoms with Gasteiger partial charge < -0.3 is 4.18 Å². The number of hydrogen-bond donors (Lipinski definition) is 0. The molecule has 0 fully saturated rings. The highest BCUT2D eigenvalue weighted by molar-refractivity contribution is 7.86. The predicted molar refractivity (Wildman–Crippen MR) is 51.9 cm³/mol. The van der Waals surface area contributed by atoms with Gasteiger partial charge in [0.15, 0.2) is 5.75 Å². The van der Waals surface area contributed by atoms with E-state index in [4.69, 9.17) is 0 Å². The maximum absolute atomic E-state index is 13.1. The zero-order chi connectivity index (χ0) is 14.2. The Kier molecular flexibility index (Phi) is 3.57. The van der Waals surface area contributed by atoms with Crippen LogP contribution in [-0.4, -0.2) is 20.8 Å². The smallest absolute Gasteiger partial charge is 0.382 e. The van der Waals surface area contributed by atoms with Crippen molar-refractivity contribution < 1.29 is 34.6 Å². The monoisotopic (exact) mass is 290 g/mol. The summed E-state index contributed by atoms with van der Waals surface area (Å²) in [5.74, 6) is -6.25. The Bertz CT molecular complexity index is 535. The Balaban J connectivity index is 3.34. The Hall–Kier alpha value is -1.38. The second-order valence-electron chi connectivity index (χ2n) is 3.36. The largest absolute Gasteiger partial charge is 0.458 e. The zero-order valence-electron chi connectivity index (χ0n) is 8.83. The number of hydrogen-bond acceptors (Lipinski definition) is 3. The van der Waals surface area contributed by atoms with Gasteiger partial charge in [-0.05, 0) is 12.1 Å². The summed E-state index contributed by atoms with van der Waals surface area (Å²) >= 11 is 0. The molecule has 0 aromatic heterocycles. The van der Waals surface area contributed by atoms with E-state index in [0.717, 1.165) is 18.2 Å². The normalized spacial score (nSPS) is 13.4. The molecule has 0 saturated carbocycles. The van der Waals surface area contributed by atoms with E-state index in [9.17, 15) is 30.4 Å². The summed E-state index contributed by atoms with van der Waals surface area (Å²) in [7, 11) is -4.21. The van der Waals surface area contributed by atoms with Gasteiger partial charge in [-0.25, -0.2) is 0 Å². The number of para-hydroxylation sites is 1. The Labute approximate surface area is 99.3 Å². The fourth-order valence-electron chi connectivity index (χ4n) is 1.11. The molecule has 102 valence electrons. The number of rotatable bonds is 3. The van der Waals surface area contributed by atoms with Crippen molar-refractivity contribution in [1.82, 2.24) is 0 Å². The molecule has 9 heteroatoms. The van der Waals surface area contributed by atoms with Crippen molar-refractivity contribution >= 4 is 10.1 Å². The third-order valence-electron chi connectivity index (χ3n) is 1.82. The molecule has 1 aromatic carbocycles. The molecule has 3 nitrogen and oxygen atoms in total. The van der Waals surface area contributed by atoms with E-state index in [1.807, 2.05) is 0 Å². The fourth-order valence-corrected chi connectivity index (χ4v) is 1.59. The summed E-state index contributed by atoms with van der Waals surface area (Å²) in [5.41, 5.74) is -1.55. The molecule has 0 bridgehead atoms. The summed E-state index contributed by atoms with van der Waals surface area (Å²) in [5, 5.41) is 0. The van der Waals surface area contributed by atoms with Gasteiger partial charge in [-0.2, -0.15) is 30.4 Å². The van der Waals surface area contributed by atoms with Gasteiger partial charge in [-0.15, -0.1) is 0 Å². The third kappa shape index (κ3) is 3.09. The lowest BCUT2D eigenvalue weighted by Gasteiger charge is -2.21. The standard InChI is InChI=1S/C9H7F5O3S/c1-18(15,16)17-7-5-3-2-4-6(7)8(10,11)9(12,13)14/h2-5H,1H3. The van der Waals surface area contributed by atoms with Crippen LogP contribution >= 0.6 is 0 Å². The Morgan fingerprint density at radius 2 is 1.56 bits per heavy atom. The van der Waals surface area contributed by atoms with Gasteiger partial charge in [0, 0.05) is 0 Å². The van der Waals surface area contributed by atoms with Gasteiger partial charge in [-0.3, -0.25) is 0 Å². The van der Waals surface area contributed by atoms with Crippen molar-refractivity contribution in [2.24, 2.45) is 0 Å². The van der Waals surface area contributed by atoms with E-state index in [-0.39, 0.29) is 0 Å². The molecular formula is C9H7F5O3S. The van der Waals surface area contributed by atoms with Gasteiger partial charge in [0.2, 0.25) is 0 Å². The van der Waals surface area contributed by atoms with E-state index in [1.165, 1.54) is 0 Å². The van der Waals surface area contributed by atoms with E-state index >= 15 is 0 Å². The van der Waals surface area contributed by atoms with Crippen LogP contribution in [0, 0.1) is 0 Å². The molecule has 1 aromatic rings. The van der Waals surface area contributed by atoms with Crippen LogP contribution in [0.2, 0.25) is 0 Å². The molecule has 18 heavy (non-hydrogen) atoms. The van der Waals surface area contributed by atoms with Crippen LogP contribution in [0.5, 0.6) is 5.75 Å². The van der Waals surface area contributed by atoms with Crippen LogP contribution in [0.1, 0.15) is 5.56 Å². The lowest BCUT2D eigenvalue weighted by atomic mass is 10.1. The van der Waals surface area contributed by atoms with Gasteiger partial charge in [0.05, 0.1) is 11.8 Å². The minimum absolute atomic E-state index is 0.452. The van der Waals surface area contributed by atoms with Crippen molar-refractivity contribution in [3.63, 3.8) is 0 Å².